The molecule has 0 unspecified atom stereocenters. The Morgan fingerprint density at radius 2 is 1.90 bits per heavy atom. The number of halogens is 1. The van der Waals surface area contributed by atoms with Gasteiger partial charge in [0.25, 0.3) is 0 Å². The molecule has 21 heavy (non-hydrogen) atoms. The van der Waals surface area contributed by atoms with E-state index in [9.17, 15) is 9.18 Å². The number of nitrogens with zero attached hydrogens (tertiary/aromatic N) is 1. The van der Waals surface area contributed by atoms with Gasteiger partial charge in [0.1, 0.15) is 11.6 Å². The number of methoxy groups -OCH3 is 1. The highest BCUT2D eigenvalue weighted by Crippen LogP contribution is 2.22. The maximum Gasteiger partial charge on any atom is 0.182 e. The van der Waals surface area contributed by atoms with Crippen LogP contribution < -0.4 is 4.74 Å². The monoisotopic (exact) mass is 283 g/mol. The molecule has 0 atom stereocenters. The summed E-state index contributed by atoms with van der Waals surface area (Å²) in [5, 5.41) is 1.02. The highest BCUT2D eigenvalue weighted by Gasteiger charge is 2.09. The van der Waals surface area contributed by atoms with Crippen molar-refractivity contribution in [2.45, 2.75) is 6.54 Å². The van der Waals surface area contributed by atoms with Crippen molar-refractivity contribution in [3.05, 3.63) is 66.1 Å². The predicted octanol–water partition coefficient (Wildman–Crippen LogP) is 3.67. The van der Waals surface area contributed by atoms with Crippen molar-refractivity contribution >= 4 is 16.7 Å². The minimum Gasteiger partial charge on any atom is -0.497 e. The zero-order valence-corrected chi connectivity index (χ0v) is 11.5. The first kappa shape index (κ1) is 13.4. The van der Waals surface area contributed by atoms with Gasteiger partial charge in [-0.15, -0.1) is 0 Å². The van der Waals surface area contributed by atoms with Gasteiger partial charge in [-0.05, 0) is 48.5 Å². The third-order valence-corrected chi connectivity index (χ3v) is 3.46. The van der Waals surface area contributed by atoms with Crippen LogP contribution in [0.2, 0.25) is 0 Å². The second kappa shape index (κ2) is 5.40. The van der Waals surface area contributed by atoms with Gasteiger partial charge in [-0.2, -0.15) is 0 Å². The SMILES string of the molecule is COc1ccc2c(ccn2CC(=O)c2ccc(F)cc2)c1. The molecule has 0 fully saturated rings. The maximum atomic E-state index is 12.9. The molecule has 3 nitrogen and oxygen atoms in total. The minimum absolute atomic E-state index is 0.0525. The van der Waals surface area contributed by atoms with Crippen LogP contribution in [0.25, 0.3) is 10.9 Å². The number of aromatic nitrogens is 1. The zero-order valence-electron chi connectivity index (χ0n) is 11.5. The smallest absolute Gasteiger partial charge is 0.182 e. The number of Topliss-reactive ketones (excluding diaryl/α,β-unsaturated/α-hetero) is 1. The number of benzene rings is 2. The van der Waals surface area contributed by atoms with Gasteiger partial charge >= 0.3 is 0 Å². The number of ketones is 1. The lowest BCUT2D eigenvalue weighted by Crippen LogP contribution is -2.09. The van der Waals surface area contributed by atoms with Gasteiger partial charge in [0.2, 0.25) is 0 Å². The first-order chi connectivity index (χ1) is 10.2. The molecule has 1 aromatic heterocycles. The van der Waals surface area contributed by atoms with Crippen LogP contribution in [0.4, 0.5) is 4.39 Å². The fourth-order valence-electron chi connectivity index (χ4n) is 2.32. The Kier molecular flexibility index (Phi) is 3.44. The van der Waals surface area contributed by atoms with Crippen molar-refractivity contribution in [1.82, 2.24) is 4.57 Å². The summed E-state index contributed by atoms with van der Waals surface area (Å²) in [7, 11) is 1.62. The summed E-state index contributed by atoms with van der Waals surface area (Å²) in [6, 6.07) is 13.3. The Bertz CT molecular complexity index is 790. The molecule has 0 aliphatic carbocycles. The number of carbonyl (C=O) groups is 1. The Labute approximate surface area is 121 Å². The number of fused-ring (bicyclic) bond motifs is 1. The number of carbonyl (C=O) groups excluding carboxylic acids is 1. The van der Waals surface area contributed by atoms with Crippen LogP contribution in [-0.2, 0) is 6.54 Å². The standard InChI is InChI=1S/C17H14FNO2/c1-21-15-6-7-16-13(10-15)8-9-19(16)11-17(20)12-2-4-14(18)5-3-12/h2-10H,11H2,1H3. The summed E-state index contributed by atoms with van der Waals surface area (Å²) in [5.41, 5.74) is 1.47. The molecule has 2 aromatic carbocycles. The third kappa shape index (κ3) is 2.65. The van der Waals surface area contributed by atoms with E-state index in [0.717, 1.165) is 16.7 Å². The van der Waals surface area contributed by atoms with E-state index in [1.165, 1.54) is 24.3 Å². The maximum absolute atomic E-state index is 12.9. The summed E-state index contributed by atoms with van der Waals surface area (Å²) in [4.78, 5) is 12.2. The molecule has 106 valence electrons. The van der Waals surface area contributed by atoms with Crippen LogP contribution in [0, 0.1) is 5.82 Å². The molecule has 0 N–H and O–H groups in total. The Morgan fingerprint density at radius 1 is 1.14 bits per heavy atom. The van der Waals surface area contributed by atoms with Crippen LogP contribution in [0.1, 0.15) is 10.4 Å². The van der Waals surface area contributed by atoms with Crippen molar-refractivity contribution in [3.8, 4) is 5.75 Å². The molecule has 0 amide bonds. The molecule has 0 aliphatic rings. The van der Waals surface area contributed by atoms with E-state index >= 15 is 0 Å². The first-order valence-electron chi connectivity index (χ1n) is 6.59. The van der Waals surface area contributed by atoms with Gasteiger partial charge in [0.15, 0.2) is 5.78 Å². The van der Waals surface area contributed by atoms with E-state index in [4.69, 9.17) is 4.74 Å². The van der Waals surface area contributed by atoms with Crippen molar-refractivity contribution in [2.24, 2.45) is 0 Å². The molecule has 4 heteroatoms. The molecular weight excluding hydrogens is 269 g/mol. The molecule has 0 radical (unpaired) electrons. The largest absolute Gasteiger partial charge is 0.497 e. The van der Waals surface area contributed by atoms with Crippen molar-refractivity contribution in [3.63, 3.8) is 0 Å². The third-order valence-electron chi connectivity index (χ3n) is 3.46. The summed E-state index contributed by atoms with van der Waals surface area (Å²) in [6.45, 7) is 0.224. The van der Waals surface area contributed by atoms with Crippen molar-refractivity contribution < 1.29 is 13.9 Å². The van der Waals surface area contributed by atoms with Gasteiger partial charge in [-0.3, -0.25) is 4.79 Å². The molecule has 0 saturated carbocycles. The Hall–Kier alpha value is -2.62. The average molecular weight is 283 g/mol. The van der Waals surface area contributed by atoms with E-state index < -0.39 is 0 Å². The first-order valence-corrected chi connectivity index (χ1v) is 6.59. The summed E-state index contributed by atoms with van der Waals surface area (Å²) in [6.07, 6.45) is 1.87. The van der Waals surface area contributed by atoms with E-state index in [1.807, 2.05) is 35.0 Å². The molecule has 3 rings (SSSR count). The van der Waals surface area contributed by atoms with Crippen LogP contribution in [0.5, 0.6) is 5.75 Å². The second-order valence-electron chi connectivity index (χ2n) is 4.80. The van der Waals surface area contributed by atoms with E-state index in [1.54, 1.807) is 7.11 Å². The quantitative estimate of drug-likeness (QED) is 0.684. The van der Waals surface area contributed by atoms with E-state index in [2.05, 4.69) is 0 Å². The van der Waals surface area contributed by atoms with Gasteiger partial charge in [0.05, 0.1) is 13.7 Å². The lowest BCUT2D eigenvalue weighted by molar-refractivity contribution is 0.0973. The Balaban J connectivity index is 1.87. The molecule has 0 aliphatic heterocycles. The Morgan fingerprint density at radius 3 is 2.62 bits per heavy atom. The lowest BCUT2D eigenvalue weighted by Gasteiger charge is -2.06. The lowest BCUT2D eigenvalue weighted by atomic mass is 10.1. The van der Waals surface area contributed by atoms with Crippen LogP contribution >= 0.6 is 0 Å². The fraction of sp³-hybridized carbons (Fsp3) is 0.118. The van der Waals surface area contributed by atoms with Crippen molar-refractivity contribution in [1.29, 1.82) is 0 Å². The molecule has 1 heterocycles. The molecular formula is C17H14FNO2. The highest BCUT2D eigenvalue weighted by molar-refractivity contribution is 5.96. The highest BCUT2D eigenvalue weighted by atomic mass is 19.1. The van der Waals surface area contributed by atoms with Gasteiger partial charge in [0, 0.05) is 22.7 Å². The van der Waals surface area contributed by atoms with Crippen molar-refractivity contribution in [2.75, 3.05) is 7.11 Å². The summed E-state index contributed by atoms with van der Waals surface area (Å²) >= 11 is 0. The normalized spacial score (nSPS) is 10.8. The number of ether oxygens (including phenoxy) is 1. The van der Waals surface area contributed by atoms with Crippen LogP contribution in [-0.4, -0.2) is 17.5 Å². The van der Waals surface area contributed by atoms with Crippen LogP contribution in [0.3, 0.4) is 0 Å². The molecule has 0 saturated heterocycles. The molecule has 0 spiro atoms. The predicted molar refractivity (Wildman–Crippen MR) is 79.2 cm³/mol. The number of rotatable bonds is 4. The molecule has 0 bridgehead atoms. The summed E-state index contributed by atoms with van der Waals surface area (Å²) in [5.74, 6) is 0.387. The zero-order chi connectivity index (χ0) is 14.8. The van der Waals surface area contributed by atoms with Gasteiger partial charge < -0.3 is 9.30 Å². The van der Waals surface area contributed by atoms with Gasteiger partial charge in [-0.1, -0.05) is 0 Å². The second-order valence-corrected chi connectivity index (χ2v) is 4.80. The summed E-state index contributed by atoms with van der Waals surface area (Å²) < 4.78 is 19.9. The minimum atomic E-state index is -0.343. The number of hydrogen-bond acceptors (Lipinski definition) is 2. The average Bonchev–Trinajstić information content (AvgIpc) is 2.90. The van der Waals surface area contributed by atoms with E-state index in [0.29, 0.717) is 5.56 Å². The van der Waals surface area contributed by atoms with Crippen LogP contribution in [0.15, 0.2) is 54.7 Å². The topological polar surface area (TPSA) is 31.2 Å². The van der Waals surface area contributed by atoms with E-state index in [-0.39, 0.29) is 18.1 Å². The fourth-order valence-corrected chi connectivity index (χ4v) is 2.32. The molecule has 3 aromatic rings. The van der Waals surface area contributed by atoms with Gasteiger partial charge in [-0.25, -0.2) is 4.39 Å². The number of hydrogen-bond donors (Lipinski definition) is 0.